The molecule has 1 heterocycles. The molecule has 0 spiro atoms. The van der Waals surface area contributed by atoms with Crippen LogP contribution in [0.4, 0.5) is 4.39 Å². The van der Waals surface area contributed by atoms with Gasteiger partial charge in [0.25, 0.3) is 0 Å². The predicted molar refractivity (Wildman–Crippen MR) is 103 cm³/mol. The van der Waals surface area contributed by atoms with Gasteiger partial charge >= 0.3 is 5.97 Å². The van der Waals surface area contributed by atoms with Crippen molar-refractivity contribution in [3.8, 4) is 22.6 Å². The van der Waals surface area contributed by atoms with Crippen LogP contribution in [0, 0.1) is 12.7 Å². The van der Waals surface area contributed by atoms with Crippen LogP contribution < -0.4 is 0 Å². The number of esters is 1. The fourth-order valence-electron chi connectivity index (χ4n) is 2.67. The van der Waals surface area contributed by atoms with Gasteiger partial charge in [0.05, 0.1) is 12.3 Å². The first kappa shape index (κ1) is 18.5. The van der Waals surface area contributed by atoms with Crippen LogP contribution in [0.2, 0.25) is 0 Å². The van der Waals surface area contributed by atoms with E-state index in [1.54, 1.807) is 25.1 Å². The Bertz CT molecular complexity index is 968. The second-order valence-electron chi connectivity index (χ2n) is 5.85. The van der Waals surface area contributed by atoms with Gasteiger partial charge in [-0.25, -0.2) is 19.2 Å². The fraction of sp³-hybridized carbons (Fsp3) is 0.136. The molecule has 3 aromatic rings. The molecular weight excluding hydrogens is 343 g/mol. The van der Waals surface area contributed by atoms with Crippen LogP contribution in [0.5, 0.6) is 0 Å². The molecule has 3 rings (SSSR count). The Morgan fingerprint density at radius 1 is 1.04 bits per heavy atom. The van der Waals surface area contributed by atoms with Gasteiger partial charge in [0.2, 0.25) is 0 Å². The summed E-state index contributed by atoms with van der Waals surface area (Å²) in [5.41, 5.74) is 3.65. The summed E-state index contributed by atoms with van der Waals surface area (Å²) in [6.45, 7) is 3.90. The zero-order chi connectivity index (χ0) is 19.2. The summed E-state index contributed by atoms with van der Waals surface area (Å²) in [6, 6.07) is 15.7. The highest BCUT2D eigenvalue weighted by atomic mass is 19.1. The van der Waals surface area contributed by atoms with Crippen LogP contribution >= 0.6 is 0 Å². The molecule has 0 aliphatic carbocycles. The normalized spacial score (nSPS) is 10.9. The Hall–Kier alpha value is -3.34. The quantitative estimate of drug-likeness (QED) is 0.482. The molecule has 0 saturated heterocycles. The number of halogens is 1. The van der Waals surface area contributed by atoms with E-state index in [-0.39, 0.29) is 5.82 Å². The Morgan fingerprint density at radius 2 is 1.74 bits per heavy atom. The maximum atomic E-state index is 13.4. The van der Waals surface area contributed by atoms with Crippen LogP contribution in [-0.4, -0.2) is 22.5 Å². The fourth-order valence-corrected chi connectivity index (χ4v) is 2.67. The first-order valence-electron chi connectivity index (χ1n) is 8.63. The molecule has 0 saturated carbocycles. The van der Waals surface area contributed by atoms with E-state index in [9.17, 15) is 9.18 Å². The van der Waals surface area contributed by atoms with Gasteiger partial charge in [0.1, 0.15) is 5.82 Å². The number of rotatable bonds is 5. The predicted octanol–water partition coefficient (Wildman–Crippen LogP) is 4.83. The van der Waals surface area contributed by atoms with E-state index in [2.05, 4.69) is 4.98 Å². The zero-order valence-corrected chi connectivity index (χ0v) is 15.1. The molecule has 0 radical (unpaired) electrons. The lowest BCUT2D eigenvalue weighted by molar-refractivity contribution is -0.137. The smallest absolute Gasteiger partial charge is 0.330 e. The largest absolute Gasteiger partial charge is 0.463 e. The van der Waals surface area contributed by atoms with E-state index < -0.39 is 5.97 Å². The van der Waals surface area contributed by atoms with Gasteiger partial charge in [0, 0.05) is 28.5 Å². The van der Waals surface area contributed by atoms with Gasteiger partial charge in [-0.1, -0.05) is 30.3 Å². The standard InChI is InChI=1S/C22H19FN2O2/c1-3-27-20(26)14-13-19-15(2)24-22(17-7-5-4-6-8-17)25-21(19)16-9-11-18(23)12-10-16/h4-14H,3H2,1-2H3. The van der Waals surface area contributed by atoms with Crippen molar-refractivity contribution in [1.29, 1.82) is 0 Å². The highest BCUT2D eigenvalue weighted by Crippen LogP contribution is 2.28. The molecule has 0 amide bonds. The number of hydrogen-bond donors (Lipinski definition) is 0. The minimum Gasteiger partial charge on any atom is -0.463 e. The average molecular weight is 362 g/mol. The zero-order valence-electron chi connectivity index (χ0n) is 15.1. The maximum absolute atomic E-state index is 13.4. The number of hydrogen-bond acceptors (Lipinski definition) is 4. The minimum absolute atomic E-state index is 0.302. The number of benzene rings is 2. The first-order chi connectivity index (χ1) is 13.1. The summed E-state index contributed by atoms with van der Waals surface area (Å²) >= 11 is 0. The van der Waals surface area contributed by atoms with Crippen molar-refractivity contribution in [2.75, 3.05) is 6.61 Å². The van der Waals surface area contributed by atoms with Crippen molar-refractivity contribution in [3.63, 3.8) is 0 Å². The monoisotopic (exact) mass is 362 g/mol. The summed E-state index contributed by atoms with van der Waals surface area (Å²) in [5, 5.41) is 0. The maximum Gasteiger partial charge on any atom is 0.330 e. The van der Waals surface area contributed by atoms with E-state index >= 15 is 0 Å². The molecule has 1 aromatic heterocycles. The minimum atomic E-state index is -0.436. The van der Waals surface area contributed by atoms with Crippen molar-refractivity contribution < 1.29 is 13.9 Å². The molecule has 0 bridgehead atoms. The van der Waals surface area contributed by atoms with Gasteiger partial charge in [0.15, 0.2) is 5.82 Å². The Balaban J connectivity index is 2.14. The van der Waals surface area contributed by atoms with E-state index in [1.165, 1.54) is 18.2 Å². The van der Waals surface area contributed by atoms with E-state index in [1.807, 2.05) is 37.3 Å². The summed E-state index contributed by atoms with van der Waals surface area (Å²) in [5.74, 6) is -0.189. The van der Waals surface area contributed by atoms with E-state index in [4.69, 9.17) is 9.72 Å². The third-order valence-electron chi connectivity index (χ3n) is 3.96. The topological polar surface area (TPSA) is 52.1 Å². The second-order valence-corrected chi connectivity index (χ2v) is 5.85. The van der Waals surface area contributed by atoms with Crippen molar-refractivity contribution in [1.82, 2.24) is 9.97 Å². The number of carbonyl (C=O) groups is 1. The lowest BCUT2D eigenvalue weighted by Gasteiger charge is -2.11. The molecule has 0 unspecified atom stereocenters. The van der Waals surface area contributed by atoms with E-state index in [0.29, 0.717) is 29.4 Å². The highest BCUT2D eigenvalue weighted by Gasteiger charge is 2.13. The van der Waals surface area contributed by atoms with Crippen LogP contribution in [0.1, 0.15) is 18.2 Å². The number of aromatic nitrogens is 2. The Kier molecular flexibility index (Phi) is 5.71. The molecule has 0 aliphatic heterocycles. The first-order valence-corrected chi connectivity index (χ1v) is 8.63. The summed E-state index contributed by atoms with van der Waals surface area (Å²) in [6.07, 6.45) is 2.99. The van der Waals surface area contributed by atoms with Gasteiger partial charge in [-0.15, -0.1) is 0 Å². The molecule has 0 atom stereocenters. The summed E-state index contributed by atoms with van der Waals surface area (Å²) < 4.78 is 18.3. The SMILES string of the molecule is CCOC(=O)C=Cc1c(C)nc(-c2ccccc2)nc1-c1ccc(F)cc1. The second kappa shape index (κ2) is 8.36. The lowest BCUT2D eigenvalue weighted by atomic mass is 10.0. The molecule has 136 valence electrons. The van der Waals surface area contributed by atoms with Crippen molar-refractivity contribution in [3.05, 3.63) is 77.7 Å². The third-order valence-corrected chi connectivity index (χ3v) is 3.96. The van der Waals surface area contributed by atoms with Crippen molar-refractivity contribution in [2.45, 2.75) is 13.8 Å². The number of carbonyl (C=O) groups excluding carboxylic acids is 1. The average Bonchev–Trinajstić information content (AvgIpc) is 2.68. The molecule has 27 heavy (non-hydrogen) atoms. The third kappa shape index (κ3) is 4.44. The van der Waals surface area contributed by atoms with Crippen LogP contribution in [-0.2, 0) is 9.53 Å². The molecule has 4 nitrogen and oxygen atoms in total. The molecule has 2 aromatic carbocycles. The molecule has 0 fully saturated rings. The molecule has 5 heteroatoms. The highest BCUT2D eigenvalue weighted by molar-refractivity contribution is 5.89. The molecule has 0 aliphatic rings. The van der Waals surface area contributed by atoms with Crippen LogP contribution in [0.3, 0.4) is 0 Å². The van der Waals surface area contributed by atoms with Gasteiger partial charge in [-0.05, 0) is 44.2 Å². The number of nitrogens with zero attached hydrogens (tertiary/aromatic N) is 2. The Morgan fingerprint density at radius 3 is 2.41 bits per heavy atom. The van der Waals surface area contributed by atoms with Crippen molar-refractivity contribution in [2.24, 2.45) is 0 Å². The molecular formula is C22H19FN2O2. The number of ether oxygens (including phenoxy) is 1. The summed E-state index contributed by atoms with van der Waals surface area (Å²) in [7, 11) is 0. The van der Waals surface area contributed by atoms with Gasteiger partial charge in [-0.3, -0.25) is 0 Å². The summed E-state index contributed by atoms with van der Waals surface area (Å²) in [4.78, 5) is 21.0. The number of aryl methyl sites for hydroxylation is 1. The van der Waals surface area contributed by atoms with E-state index in [0.717, 1.165) is 11.1 Å². The van der Waals surface area contributed by atoms with Crippen molar-refractivity contribution >= 4 is 12.0 Å². The Labute approximate surface area is 157 Å². The lowest BCUT2D eigenvalue weighted by Crippen LogP contribution is -2.02. The van der Waals surface area contributed by atoms with Crippen LogP contribution in [0.15, 0.2) is 60.7 Å². The van der Waals surface area contributed by atoms with Gasteiger partial charge in [-0.2, -0.15) is 0 Å². The van der Waals surface area contributed by atoms with Gasteiger partial charge < -0.3 is 4.74 Å². The molecule has 0 N–H and O–H groups in total. The van der Waals surface area contributed by atoms with Crippen LogP contribution in [0.25, 0.3) is 28.7 Å².